The van der Waals surface area contributed by atoms with Gasteiger partial charge in [-0.3, -0.25) is 4.79 Å². The van der Waals surface area contributed by atoms with Crippen molar-refractivity contribution in [3.8, 4) is 11.8 Å². The van der Waals surface area contributed by atoms with E-state index in [1.807, 2.05) is 60.7 Å². The number of nitrogens with zero attached hydrogens (tertiary/aromatic N) is 1. The van der Waals surface area contributed by atoms with Gasteiger partial charge in [0.05, 0.1) is 10.0 Å². The summed E-state index contributed by atoms with van der Waals surface area (Å²) in [6, 6.07) is 22.9. The highest BCUT2D eigenvalue weighted by molar-refractivity contribution is 9.10. The van der Waals surface area contributed by atoms with E-state index in [1.54, 1.807) is 12.1 Å². The summed E-state index contributed by atoms with van der Waals surface area (Å²) in [5.74, 6) is -0.0874. The average Bonchev–Trinajstić information content (AvgIpc) is 2.81. The van der Waals surface area contributed by atoms with Gasteiger partial charge in [-0.25, -0.2) is 0 Å². The zero-order chi connectivity index (χ0) is 23.6. The van der Waals surface area contributed by atoms with Crippen molar-refractivity contribution >= 4 is 51.1 Å². The number of nitrogens with one attached hydrogen (secondary N) is 1. The van der Waals surface area contributed by atoms with E-state index in [4.69, 9.17) is 27.9 Å². The van der Waals surface area contributed by atoms with Gasteiger partial charge in [0.15, 0.2) is 5.75 Å². The van der Waals surface area contributed by atoms with Gasteiger partial charge in [0, 0.05) is 11.0 Å². The van der Waals surface area contributed by atoms with Crippen LogP contribution in [-0.4, -0.2) is 12.5 Å². The van der Waals surface area contributed by atoms with Gasteiger partial charge in [0.1, 0.15) is 18.2 Å². The minimum atomic E-state index is -0.437. The van der Waals surface area contributed by atoms with Crippen molar-refractivity contribution < 1.29 is 9.53 Å². The summed E-state index contributed by atoms with van der Waals surface area (Å²) in [6.45, 7) is 0.772. The Bertz CT molecular complexity index is 1150. The number of hydrogen-bond acceptors (Lipinski definition) is 3. The highest BCUT2D eigenvalue weighted by Crippen LogP contribution is 2.35. The molecule has 0 spiro atoms. The third kappa shape index (κ3) is 7.64. The maximum atomic E-state index is 12.4. The first-order valence-corrected chi connectivity index (χ1v) is 11.8. The first-order valence-electron chi connectivity index (χ1n) is 10.3. The van der Waals surface area contributed by atoms with E-state index in [-0.39, 0.29) is 5.57 Å². The monoisotopic (exact) mass is 542 g/mol. The van der Waals surface area contributed by atoms with Gasteiger partial charge < -0.3 is 10.1 Å². The molecule has 1 amide bonds. The van der Waals surface area contributed by atoms with Gasteiger partial charge in [0.2, 0.25) is 0 Å². The van der Waals surface area contributed by atoms with Crippen LogP contribution in [-0.2, 0) is 17.8 Å². The first kappa shape index (κ1) is 24.9. The van der Waals surface area contributed by atoms with Crippen molar-refractivity contribution in [1.29, 1.82) is 5.26 Å². The molecule has 0 aliphatic carbocycles. The Morgan fingerprint density at radius 2 is 1.70 bits per heavy atom. The lowest BCUT2D eigenvalue weighted by Gasteiger charge is -2.11. The Balaban J connectivity index is 1.60. The summed E-state index contributed by atoms with van der Waals surface area (Å²) in [4.78, 5) is 12.4. The van der Waals surface area contributed by atoms with Gasteiger partial charge in [0.25, 0.3) is 5.91 Å². The Morgan fingerprint density at radius 3 is 2.33 bits per heavy atom. The van der Waals surface area contributed by atoms with Crippen LogP contribution in [0, 0.1) is 11.3 Å². The highest BCUT2D eigenvalue weighted by atomic mass is 79.9. The van der Waals surface area contributed by atoms with Crippen LogP contribution >= 0.6 is 39.1 Å². The van der Waals surface area contributed by atoms with Crippen molar-refractivity contribution in [3.05, 3.63) is 104 Å². The SMILES string of the molecule is N#C/C(=C/c1cc(Cl)c(OCc2ccc(Br)cc2)c(Cl)c1)C(=O)NCCCc1ccccc1. The van der Waals surface area contributed by atoms with Crippen molar-refractivity contribution in [2.45, 2.75) is 19.4 Å². The molecule has 0 saturated heterocycles. The number of nitriles is 1. The number of benzene rings is 3. The smallest absolute Gasteiger partial charge is 0.261 e. The van der Waals surface area contributed by atoms with Crippen LogP contribution in [0.5, 0.6) is 5.75 Å². The molecule has 3 rings (SSSR count). The number of carbonyl (C=O) groups excluding carboxylic acids is 1. The summed E-state index contributed by atoms with van der Waals surface area (Å²) in [5.41, 5.74) is 2.68. The van der Waals surface area contributed by atoms with Gasteiger partial charge in [-0.15, -0.1) is 0 Å². The maximum Gasteiger partial charge on any atom is 0.261 e. The number of rotatable bonds is 9. The Kier molecular flexibility index (Phi) is 9.38. The van der Waals surface area contributed by atoms with Crippen LogP contribution in [0.15, 0.2) is 76.8 Å². The van der Waals surface area contributed by atoms with Crippen molar-refractivity contribution in [2.75, 3.05) is 6.54 Å². The fourth-order valence-electron chi connectivity index (χ4n) is 3.09. The number of hydrogen-bond donors (Lipinski definition) is 1. The predicted molar refractivity (Wildman–Crippen MR) is 136 cm³/mol. The van der Waals surface area contributed by atoms with Crippen LogP contribution in [0.4, 0.5) is 0 Å². The zero-order valence-corrected chi connectivity index (χ0v) is 20.8. The van der Waals surface area contributed by atoms with Crippen molar-refractivity contribution in [1.82, 2.24) is 5.32 Å². The van der Waals surface area contributed by atoms with Gasteiger partial charge >= 0.3 is 0 Å². The molecule has 0 atom stereocenters. The molecule has 0 heterocycles. The number of ether oxygens (including phenoxy) is 1. The molecule has 0 unspecified atom stereocenters. The quantitative estimate of drug-likeness (QED) is 0.180. The van der Waals surface area contributed by atoms with E-state index < -0.39 is 5.91 Å². The standard InChI is InChI=1S/C26H21BrCl2N2O2/c27-22-10-8-19(9-11-22)17-33-25-23(28)14-20(15-24(25)29)13-21(16-30)26(32)31-12-4-7-18-5-2-1-3-6-18/h1-3,5-6,8-11,13-15H,4,7,12,17H2,(H,31,32)/b21-13-. The molecule has 0 bridgehead atoms. The zero-order valence-electron chi connectivity index (χ0n) is 17.7. The molecule has 0 aliphatic rings. The lowest BCUT2D eigenvalue weighted by molar-refractivity contribution is -0.117. The summed E-state index contributed by atoms with van der Waals surface area (Å²) < 4.78 is 6.76. The summed E-state index contributed by atoms with van der Waals surface area (Å²) in [7, 11) is 0. The number of halogens is 3. The minimum absolute atomic E-state index is 0.0228. The van der Waals surface area contributed by atoms with Crippen LogP contribution < -0.4 is 10.1 Å². The topological polar surface area (TPSA) is 62.1 Å². The Labute approximate surface area is 211 Å². The van der Waals surface area contributed by atoms with E-state index in [1.165, 1.54) is 11.6 Å². The molecule has 3 aromatic rings. The fourth-order valence-corrected chi connectivity index (χ4v) is 3.96. The van der Waals surface area contributed by atoms with Crippen molar-refractivity contribution in [2.24, 2.45) is 0 Å². The van der Waals surface area contributed by atoms with Crippen LogP contribution in [0.1, 0.15) is 23.1 Å². The largest absolute Gasteiger partial charge is 0.486 e. The summed E-state index contributed by atoms with van der Waals surface area (Å²) in [5, 5.41) is 12.8. The molecule has 33 heavy (non-hydrogen) atoms. The molecule has 1 N–H and O–H groups in total. The molecule has 0 radical (unpaired) electrons. The molecule has 0 aromatic heterocycles. The number of aryl methyl sites for hydroxylation is 1. The van der Waals surface area contributed by atoms with Crippen LogP contribution in [0.2, 0.25) is 10.0 Å². The maximum absolute atomic E-state index is 12.4. The third-order valence-corrected chi connectivity index (χ3v) is 5.85. The molecule has 168 valence electrons. The molecule has 4 nitrogen and oxygen atoms in total. The van der Waals surface area contributed by atoms with Crippen LogP contribution in [0.3, 0.4) is 0 Å². The predicted octanol–water partition coefficient (Wildman–Crippen LogP) is 6.99. The Morgan fingerprint density at radius 1 is 1.03 bits per heavy atom. The number of amides is 1. The fraction of sp³-hybridized carbons (Fsp3) is 0.154. The minimum Gasteiger partial charge on any atom is -0.486 e. The molecule has 0 fully saturated rings. The summed E-state index contributed by atoms with van der Waals surface area (Å²) in [6.07, 6.45) is 3.08. The second-order valence-electron chi connectivity index (χ2n) is 7.24. The molecular formula is C26H21BrCl2N2O2. The number of carbonyl (C=O) groups is 1. The molecule has 7 heteroatoms. The highest BCUT2D eigenvalue weighted by Gasteiger charge is 2.13. The van der Waals surface area contributed by atoms with Gasteiger partial charge in [-0.05, 0) is 59.9 Å². The lowest BCUT2D eigenvalue weighted by Crippen LogP contribution is -2.25. The molecule has 3 aromatic carbocycles. The van der Waals surface area contributed by atoms with Gasteiger partial charge in [-0.1, -0.05) is 81.6 Å². The van der Waals surface area contributed by atoms with E-state index in [2.05, 4.69) is 21.2 Å². The van der Waals surface area contributed by atoms with Crippen LogP contribution in [0.25, 0.3) is 6.08 Å². The van der Waals surface area contributed by atoms with Crippen molar-refractivity contribution in [3.63, 3.8) is 0 Å². The van der Waals surface area contributed by atoms with E-state index >= 15 is 0 Å². The van der Waals surface area contributed by atoms with E-state index in [0.717, 1.165) is 22.9 Å². The third-order valence-electron chi connectivity index (χ3n) is 4.76. The normalized spacial score (nSPS) is 11.0. The first-order chi connectivity index (χ1) is 16.0. The van der Waals surface area contributed by atoms with E-state index in [0.29, 0.717) is 34.5 Å². The second kappa shape index (κ2) is 12.5. The second-order valence-corrected chi connectivity index (χ2v) is 8.97. The molecular weight excluding hydrogens is 523 g/mol. The Hall–Kier alpha value is -2.78. The summed E-state index contributed by atoms with van der Waals surface area (Å²) >= 11 is 16.1. The molecule has 0 saturated carbocycles. The van der Waals surface area contributed by atoms with Gasteiger partial charge in [-0.2, -0.15) is 5.26 Å². The lowest BCUT2D eigenvalue weighted by atomic mass is 10.1. The molecule has 0 aliphatic heterocycles. The average molecular weight is 544 g/mol. The van der Waals surface area contributed by atoms with E-state index in [9.17, 15) is 10.1 Å².